The average molecular weight is 445 g/mol. The molecule has 1 aromatic rings. The molecule has 1 atom stereocenters. The first-order valence-electron chi connectivity index (χ1n) is 9.82. The highest BCUT2D eigenvalue weighted by atomic mass is 32.2. The molecule has 0 aliphatic heterocycles. The van der Waals surface area contributed by atoms with E-state index >= 15 is 0 Å². The number of nitrogens with zero attached hydrogens (tertiary/aromatic N) is 1. The van der Waals surface area contributed by atoms with E-state index in [1.807, 2.05) is 24.3 Å². The highest BCUT2D eigenvalue weighted by Crippen LogP contribution is 2.28. The van der Waals surface area contributed by atoms with E-state index in [2.05, 4.69) is 5.32 Å². The minimum absolute atomic E-state index is 0.0577. The number of amides is 1. The Hall–Kier alpha value is -2.73. The predicted molar refractivity (Wildman–Crippen MR) is 118 cm³/mol. The maximum Gasteiger partial charge on any atom is 0.230 e. The van der Waals surface area contributed by atoms with Crippen molar-refractivity contribution in [3.05, 3.63) is 65.6 Å². The number of carbonyl (C=O) groups excluding carboxylic acids is 1. The normalized spacial score (nSPS) is 18.8. The first-order valence-corrected chi connectivity index (χ1v) is 11.4. The van der Waals surface area contributed by atoms with Crippen LogP contribution in [0.3, 0.4) is 0 Å². The van der Waals surface area contributed by atoms with E-state index in [0.29, 0.717) is 31.8 Å². The highest BCUT2D eigenvalue weighted by molar-refractivity contribution is 7.94. The van der Waals surface area contributed by atoms with Crippen molar-refractivity contribution in [3.8, 4) is 6.07 Å². The second kappa shape index (κ2) is 10.5. The van der Waals surface area contributed by atoms with Crippen molar-refractivity contribution in [3.63, 3.8) is 0 Å². The van der Waals surface area contributed by atoms with Crippen LogP contribution in [0.4, 0.5) is 0 Å². The molecule has 0 radical (unpaired) electrons. The van der Waals surface area contributed by atoms with Crippen LogP contribution < -0.4 is 5.32 Å². The number of sulfone groups is 1. The monoisotopic (exact) mass is 444 g/mol. The molecule has 1 N–H and O–H groups in total. The van der Waals surface area contributed by atoms with E-state index in [0.717, 1.165) is 11.5 Å². The third-order valence-electron chi connectivity index (χ3n) is 5.09. The van der Waals surface area contributed by atoms with Gasteiger partial charge in [0.25, 0.3) is 0 Å². The zero-order valence-corrected chi connectivity index (χ0v) is 18.8. The SMILES string of the molecule is COCCOCC1(NC(=O)C(C)(C)c2ccc(S(=O)(=O)C=CC#N)cc2)C=CC=CC1. The average Bonchev–Trinajstić information content (AvgIpc) is 2.76. The number of nitrogens with one attached hydrogen (secondary N) is 1. The van der Waals surface area contributed by atoms with Crippen LogP contribution in [0.25, 0.3) is 0 Å². The number of allylic oxidation sites excluding steroid dienone is 3. The van der Waals surface area contributed by atoms with Crippen LogP contribution >= 0.6 is 0 Å². The number of benzene rings is 1. The van der Waals surface area contributed by atoms with E-state index in [1.165, 1.54) is 12.1 Å². The minimum Gasteiger partial charge on any atom is -0.382 e. The molecule has 1 aliphatic carbocycles. The molecule has 7 nitrogen and oxygen atoms in total. The molecule has 166 valence electrons. The van der Waals surface area contributed by atoms with Crippen LogP contribution in [-0.2, 0) is 29.5 Å². The highest BCUT2D eigenvalue weighted by Gasteiger charge is 2.37. The Morgan fingerprint density at radius 3 is 2.55 bits per heavy atom. The van der Waals surface area contributed by atoms with Crippen LogP contribution in [0.15, 0.2) is 64.9 Å². The van der Waals surface area contributed by atoms with Gasteiger partial charge in [0.05, 0.1) is 41.7 Å². The minimum atomic E-state index is -3.70. The lowest BCUT2D eigenvalue weighted by molar-refractivity contribution is -0.128. The molecule has 0 heterocycles. The third-order valence-corrected chi connectivity index (χ3v) is 6.52. The van der Waals surface area contributed by atoms with Gasteiger partial charge in [-0.3, -0.25) is 4.79 Å². The van der Waals surface area contributed by atoms with Crippen molar-refractivity contribution in [1.29, 1.82) is 5.26 Å². The number of rotatable bonds is 10. The van der Waals surface area contributed by atoms with Crippen molar-refractivity contribution in [2.75, 3.05) is 26.9 Å². The quantitative estimate of drug-likeness (QED) is 0.439. The van der Waals surface area contributed by atoms with Crippen LogP contribution in [0.1, 0.15) is 25.8 Å². The van der Waals surface area contributed by atoms with Crippen molar-refractivity contribution >= 4 is 15.7 Å². The van der Waals surface area contributed by atoms with Gasteiger partial charge in [0.1, 0.15) is 0 Å². The van der Waals surface area contributed by atoms with Gasteiger partial charge in [-0.15, -0.1) is 0 Å². The van der Waals surface area contributed by atoms with Crippen molar-refractivity contribution in [2.45, 2.75) is 36.1 Å². The van der Waals surface area contributed by atoms with E-state index in [9.17, 15) is 13.2 Å². The number of ether oxygens (including phenoxy) is 2. The van der Waals surface area contributed by atoms with Crippen LogP contribution in [0, 0.1) is 11.3 Å². The number of hydrogen-bond donors (Lipinski definition) is 1. The maximum absolute atomic E-state index is 13.2. The van der Waals surface area contributed by atoms with Gasteiger partial charge < -0.3 is 14.8 Å². The summed E-state index contributed by atoms with van der Waals surface area (Å²) in [4.78, 5) is 13.3. The predicted octanol–water partition coefficient (Wildman–Crippen LogP) is 2.81. The van der Waals surface area contributed by atoms with Gasteiger partial charge in [-0.1, -0.05) is 36.4 Å². The molecule has 1 unspecified atom stereocenters. The zero-order valence-electron chi connectivity index (χ0n) is 18.0. The molecule has 2 rings (SSSR count). The number of nitriles is 1. The first-order chi connectivity index (χ1) is 14.7. The zero-order chi connectivity index (χ0) is 23.0. The standard InChI is InChI=1S/C23H28N2O5S/c1-22(2,19-8-10-20(11-9-19)31(27,28)17-7-14-24)21(26)25-23(12-5-4-6-13-23)18-30-16-15-29-3/h4-12,17H,13,15-16,18H2,1-3H3,(H,25,26). The lowest BCUT2D eigenvalue weighted by Gasteiger charge is -2.36. The number of carbonyl (C=O) groups is 1. The molecule has 1 aromatic carbocycles. The second-order valence-corrected chi connectivity index (χ2v) is 9.61. The Labute approximate surface area is 184 Å². The summed E-state index contributed by atoms with van der Waals surface area (Å²) in [7, 11) is -2.10. The van der Waals surface area contributed by atoms with Crippen molar-refractivity contribution < 1.29 is 22.7 Å². The second-order valence-electron chi connectivity index (χ2n) is 7.77. The molecule has 1 amide bonds. The summed E-state index contributed by atoms with van der Waals surface area (Å²) < 4.78 is 35.1. The molecule has 1 aliphatic rings. The molecule has 0 fully saturated rings. The summed E-state index contributed by atoms with van der Waals surface area (Å²) in [5.74, 6) is -0.206. The fourth-order valence-corrected chi connectivity index (χ4v) is 3.98. The largest absolute Gasteiger partial charge is 0.382 e. The summed E-state index contributed by atoms with van der Waals surface area (Å²) >= 11 is 0. The lowest BCUT2D eigenvalue weighted by atomic mass is 9.82. The fourth-order valence-electron chi connectivity index (χ4n) is 3.07. The van der Waals surface area contributed by atoms with Gasteiger partial charge >= 0.3 is 0 Å². The van der Waals surface area contributed by atoms with E-state index in [-0.39, 0.29) is 10.8 Å². The number of hydrogen-bond acceptors (Lipinski definition) is 6. The van der Waals surface area contributed by atoms with Crippen molar-refractivity contribution in [1.82, 2.24) is 5.32 Å². The van der Waals surface area contributed by atoms with Gasteiger partial charge in [0.2, 0.25) is 15.7 Å². The molecule has 31 heavy (non-hydrogen) atoms. The molecule has 0 bridgehead atoms. The Bertz CT molecular complexity index is 1000. The van der Waals surface area contributed by atoms with Gasteiger partial charge in [-0.25, -0.2) is 8.42 Å². The summed E-state index contributed by atoms with van der Waals surface area (Å²) in [6.07, 6.45) is 9.21. The molecular formula is C23H28N2O5S. The van der Waals surface area contributed by atoms with Crippen LogP contribution in [0.5, 0.6) is 0 Å². The summed E-state index contributed by atoms with van der Waals surface area (Å²) in [6, 6.07) is 7.78. The summed E-state index contributed by atoms with van der Waals surface area (Å²) in [5, 5.41) is 12.5. The van der Waals surface area contributed by atoms with Crippen molar-refractivity contribution in [2.24, 2.45) is 0 Å². The van der Waals surface area contributed by atoms with E-state index in [4.69, 9.17) is 14.7 Å². The maximum atomic E-state index is 13.2. The third kappa shape index (κ3) is 6.37. The van der Waals surface area contributed by atoms with E-state index in [1.54, 1.807) is 39.2 Å². The Morgan fingerprint density at radius 2 is 1.97 bits per heavy atom. The molecule has 8 heteroatoms. The molecule has 0 saturated carbocycles. The lowest BCUT2D eigenvalue weighted by Crippen LogP contribution is -2.55. The smallest absolute Gasteiger partial charge is 0.230 e. The number of methoxy groups -OCH3 is 1. The Morgan fingerprint density at radius 1 is 1.26 bits per heavy atom. The van der Waals surface area contributed by atoms with Gasteiger partial charge in [0.15, 0.2) is 0 Å². The van der Waals surface area contributed by atoms with Gasteiger partial charge in [-0.2, -0.15) is 5.26 Å². The van der Waals surface area contributed by atoms with Crippen LogP contribution in [0.2, 0.25) is 0 Å². The van der Waals surface area contributed by atoms with Crippen LogP contribution in [-0.4, -0.2) is 46.8 Å². The fraction of sp³-hybridized carbons (Fsp3) is 0.391. The summed E-state index contributed by atoms with van der Waals surface area (Å²) in [6.45, 7) is 4.76. The van der Waals surface area contributed by atoms with E-state index < -0.39 is 20.8 Å². The van der Waals surface area contributed by atoms with Gasteiger partial charge in [0, 0.05) is 18.6 Å². The topological polar surface area (TPSA) is 105 Å². The molecule has 0 aromatic heterocycles. The first kappa shape index (κ1) is 24.5. The van der Waals surface area contributed by atoms with Gasteiger partial charge in [-0.05, 0) is 38.0 Å². The molecule has 0 spiro atoms. The Balaban J connectivity index is 2.19. The summed E-state index contributed by atoms with van der Waals surface area (Å²) in [5.41, 5.74) is -0.916. The molecule has 0 saturated heterocycles. The molecular weight excluding hydrogens is 416 g/mol. The Kier molecular flexibility index (Phi) is 8.34.